The van der Waals surface area contributed by atoms with Crippen molar-refractivity contribution in [2.24, 2.45) is 5.73 Å². The highest BCUT2D eigenvalue weighted by atomic mass is 16.5. The maximum Gasteiger partial charge on any atom is 0.407 e. The van der Waals surface area contributed by atoms with E-state index in [4.69, 9.17) is 10.5 Å². The lowest BCUT2D eigenvalue weighted by atomic mass is 10.2. The van der Waals surface area contributed by atoms with Crippen LogP contribution in [0, 0.1) is 11.8 Å². The molecule has 0 fully saturated rings. The highest BCUT2D eigenvalue weighted by Gasteiger charge is 2.06. The Balaban J connectivity index is 2.38. The molecule has 3 N–H and O–H groups in total. The molecule has 6 nitrogen and oxygen atoms in total. The van der Waals surface area contributed by atoms with Gasteiger partial charge in [0, 0.05) is 0 Å². The molecule has 0 heterocycles. The molecule has 0 aliphatic rings. The highest BCUT2D eigenvalue weighted by Crippen LogP contribution is 2.16. The van der Waals surface area contributed by atoms with Crippen molar-refractivity contribution in [1.82, 2.24) is 5.32 Å². The molecule has 0 bridgehead atoms. The molecule has 0 spiro atoms. The molecule has 1 rings (SSSR count). The van der Waals surface area contributed by atoms with Gasteiger partial charge in [0.15, 0.2) is 0 Å². The van der Waals surface area contributed by atoms with Crippen LogP contribution in [0.25, 0.3) is 0 Å². The van der Waals surface area contributed by atoms with Crippen molar-refractivity contribution in [3.8, 4) is 17.6 Å². The second-order valence-electron chi connectivity index (χ2n) is 3.58. The van der Waals surface area contributed by atoms with Gasteiger partial charge in [-0.1, -0.05) is 24.0 Å². The summed E-state index contributed by atoms with van der Waals surface area (Å²) in [6.07, 6.45) is -0.512. The van der Waals surface area contributed by atoms with Crippen LogP contribution in [0.15, 0.2) is 24.3 Å². The number of para-hydroxylation sites is 1. The summed E-state index contributed by atoms with van der Waals surface area (Å²) in [4.78, 5) is 22.1. The van der Waals surface area contributed by atoms with E-state index in [1.807, 2.05) is 0 Å². The number of alkyl carbamates (subject to hydrolysis) is 1. The van der Waals surface area contributed by atoms with Crippen LogP contribution in [0.1, 0.15) is 17.3 Å². The van der Waals surface area contributed by atoms with Crippen molar-refractivity contribution < 1.29 is 19.1 Å². The van der Waals surface area contributed by atoms with Gasteiger partial charge >= 0.3 is 6.09 Å². The van der Waals surface area contributed by atoms with Crippen molar-refractivity contribution in [2.45, 2.75) is 6.92 Å². The van der Waals surface area contributed by atoms with E-state index in [1.165, 1.54) is 0 Å². The molecule has 0 unspecified atom stereocenters. The molecule has 106 valence electrons. The van der Waals surface area contributed by atoms with Gasteiger partial charge in [0.2, 0.25) is 0 Å². The van der Waals surface area contributed by atoms with Crippen LogP contribution in [0.3, 0.4) is 0 Å². The first-order valence-corrected chi connectivity index (χ1v) is 6.03. The van der Waals surface area contributed by atoms with Crippen molar-refractivity contribution in [2.75, 3.05) is 19.8 Å². The number of amides is 2. The number of rotatable bonds is 5. The maximum atomic E-state index is 11.1. The highest BCUT2D eigenvalue weighted by molar-refractivity contribution is 5.95. The third-order valence-electron chi connectivity index (χ3n) is 2.17. The standard InChI is InChI=1S/C14H16N2O4/c1-2-19-14(18)16-9-5-6-10-20-12-8-4-3-7-11(12)13(15)17/h3-4,7-8H,2,9-10H2,1H3,(H2,15,17)(H,16,18). The van der Waals surface area contributed by atoms with E-state index in [2.05, 4.69) is 21.9 Å². The first kappa shape index (κ1) is 15.4. The molecule has 20 heavy (non-hydrogen) atoms. The van der Waals surface area contributed by atoms with Gasteiger partial charge in [-0.2, -0.15) is 0 Å². The number of hydrogen-bond donors (Lipinski definition) is 2. The smallest absolute Gasteiger partial charge is 0.407 e. The molecule has 0 aliphatic heterocycles. The summed E-state index contributed by atoms with van der Waals surface area (Å²) >= 11 is 0. The Labute approximate surface area is 117 Å². The zero-order valence-electron chi connectivity index (χ0n) is 11.1. The van der Waals surface area contributed by atoms with Crippen molar-refractivity contribution >= 4 is 12.0 Å². The number of hydrogen-bond acceptors (Lipinski definition) is 4. The lowest BCUT2D eigenvalue weighted by molar-refractivity contribution is 0.0997. The van der Waals surface area contributed by atoms with Crippen molar-refractivity contribution in [1.29, 1.82) is 0 Å². The first-order chi connectivity index (χ1) is 9.65. The third-order valence-corrected chi connectivity index (χ3v) is 2.17. The summed E-state index contributed by atoms with van der Waals surface area (Å²) < 4.78 is 9.99. The van der Waals surface area contributed by atoms with Crippen LogP contribution < -0.4 is 15.8 Å². The molecule has 1 aromatic rings. The van der Waals surface area contributed by atoms with Crippen LogP contribution in [0.4, 0.5) is 4.79 Å². The summed E-state index contributed by atoms with van der Waals surface area (Å²) in [6.45, 7) is 2.29. The maximum absolute atomic E-state index is 11.1. The molecule has 0 saturated heterocycles. The van der Waals surface area contributed by atoms with Gasteiger partial charge in [0.1, 0.15) is 12.4 Å². The number of nitrogens with two attached hydrogens (primary N) is 1. The molecular formula is C14H16N2O4. The second kappa shape index (κ2) is 8.43. The van der Waals surface area contributed by atoms with E-state index >= 15 is 0 Å². The average molecular weight is 276 g/mol. The van der Waals surface area contributed by atoms with E-state index < -0.39 is 12.0 Å². The Bertz CT molecular complexity index is 531. The molecule has 2 amide bonds. The van der Waals surface area contributed by atoms with E-state index in [9.17, 15) is 9.59 Å². The van der Waals surface area contributed by atoms with E-state index in [-0.39, 0.29) is 13.2 Å². The second-order valence-corrected chi connectivity index (χ2v) is 3.58. The molecule has 0 radical (unpaired) electrons. The number of nitrogens with one attached hydrogen (secondary N) is 1. The van der Waals surface area contributed by atoms with Crippen LogP contribution in [0.2, 0.25) is 0 Å². The molecule has 0 aliphatic carbocycles. The third kappa shape index (κ3) is 5.31. The predicted molar refractivity (Wildman–Crippen MR) is 73.3 cm³/mol. The zero-order chi connectivity index (χ0) is 14.8. The fourth-order valence-electron chi connectivity index (χ4n) is 1.32. The van der Waals surface area contributed by atoms with Crippen molar-refractivity contribution in [3.05, 3.63) is 29.8 Å². The number of carbonyl (C=O) groups excluding carboxylic acids is 2. The van der Waals surface area contributed by atoms with Gasteiger partial charge in [-0.05, 0) is 19.1 Å². The van der Waals surface area contributed by atoms with Crippen LogP contribution >= 0.6 is 0 Å². The van der Waals surface area contributed by atoms with Crippen LogP contribution in [0.5, 0.6) is 5.75 Å². The topological polar surface area (TPSA) is 90.7 Å². The summed E-state index contributed by atoms with van der Waals surface area (Å²) in [7, 11) is 0. The Morgan fingerprint density at radius 3 is 2.75 bits per heavy atom. The molecule has 6 heteroatoms. The number of ether oxygens (including phenoxy) is 2. The molecule has 0 atom stereocenters. The quantitative estimate of drug-likeness (QED) is 0.782. The van der Waals surface area contributed by atoms with E-state index in [1.54, 1.807) is 31.2 Å². The monoisotopic (exact) mass is 276 g/mol. The largest absolute Gasteiger partial charge is 0.480 e. The first-order valence-electron chi connectivity index (χ1n) is 6.03. The SMILES string of the molecule is CCOC(=O)NCC#CCOc1ccccc1C(N)=O. The van der Waals surface area contributed by atoms with Gasteiger partial charge in [0.05, 0.1) is 18.7 Å². The minimum Gasteiger partial charge on any atom is -0.480 e. The summed E-state index contributed by atoms with van der Waals surface area (Å²) in [6, 6.07) is 6.64. The Kier molecular flexibility index (Phi) is 6.48. The fraction of sp³-hybridized carbons (Fsp3) is 0.286. The van der Waals surface area contributed by atoms with E-state index in [0.29, 0.717) is 17.9 Å². The summed E-state index contributed by atoms with van der Waals surface area (Å²) in [5, 5.41) is 2.45. The number of benzene rings is 1. The normalized spacial score (nSPS) is 9.05. The molecular weight excluding hydrogens is 260 g/mol. The van der Waals surface area contributed by atoms with Gasteiger partial charge in [-0.3, -0.25) is 4.79 Å². The van der Waals surface area contributed by atoms with Gasteiger partial charge < -0.3 is 20.5 Å². The van der Waals surface area contributed by atoms with Crippen LogP contribution in [-0.2, 0) is 4.74 Å². The number of carbonyl (C=O) groups is 2. The number of primary amides is 1. The lowest BCUT2D eigenvalue weighted by Gasteiger charge is -2.05. The Morgan fingerprint density at radius 1 is 1.30 bits per heavy atom. The van der Waals surface area contributed by atoms with Gasteiger partial charge in [-0.25, -0.2) is 4.79 Å². The minimum absolute atomic E-state index is 0.0921. The van der Waals surface area contributed by atoms with E-state index in [0.717, 1.165) is 0 Å². The predicted octanol–water partition coefficient (Wildman–Crippen LogP) is 0.914. The van der Waals surface area contributed by atoms with Gasteiger partial charge in [-0.15, -0.1) is 0 Å². The van der Waals surface area contributed by atoms with Gasteiger partial charge in [0.25, 0.3) is 5.91 Å². The summed E-state index contributed by atoms with van der Waals surface area (Å²) in [5.74, 6) is 5.22. The molecule has 1 aromatic carbocycles. The Hall–Kier alpha value is -2.68. The van der Waals surface area contributed by atoms with Crippen molar-refractivity contribution in [3.63, 3.8) is 0 Å². The minimum atomic E-state index is -0.558. The van der Waals surface area contributed by atoms with Crippen LogP contribution in [-0.4, -0.2) is 31.8 Å². The molecule has 0 aromatic heterocycles. The zero-order valence-corrected chi connectivity index (χ0v) is 11.1. The molecule has 0 saturated carbocycles. The summed E-state index contributed by atoms with van der Waals surface area (Å²) in [5.41, 5.74) is 5.52. The average Bonchev–Trinajstić information content (AvgIpc) is 2.43. The lowest BCUT2D eigenvalue weighted by Crippen LogP contribution is -2.24. The fourth-order valence-corrected chi connectivity index (χ4v) is 1.32. The Morgan fingerprint density at radius 2 is 2.05 bits per heavy atom.